The molecule has 0 saturated heterocycles. The van der Waals surface area contributed by atoms with Crippen molar-refractivity contribution >= 4 is 5.96 Å². The van der Waals surface area contributed by atoms with Crippen LogP contribution in [0, 0.1) is 0 Å². The molecule has 1 aromatic carbocycles. The summed E-state index contributed by atoms with van der Waals surface area (Å²) in [6.07, 6.45) is 2.63. The summed E-state index contributed by atoms with van der Waals surface area (Å²) in [6, 6.07) is 6.89. The molecule has 0 aromatic heterocycles. The van der Waals surface area contributed by atoms with Gasteiger partial charge in [-0.1, -0.05) is 43.9 Å². The van der Waals surface area contributed by atoms with E-state index in [4.69, 9.17) is 10.5 Å². The molecule has 0 bridgehead atoms. The smallest absolute Gasteiger partial charge is 0.422 e. The summed E-state index contributed by atoms with van der Waals surface area (Å²) in [4.78, 5) is 4.25. The Labute approximate surface area is 140 Å². The Hall–Kier alpha value is -1.92. The maximum absolute atomic E-state index is 12.3. The number of benzene rings is 1. The van der Waals surface area contributed by atoms with Gasteiger partial charge in [-0.2, -0.15) is 13.2 Å². The van der Waals surface area contributed by atoms with E-state index in [1.54, 1.807) is 18.2 Å². The number of nitrogens with zero attached hydrogens (tertiary/aromatic N) is 1. The molecule has 0 atom stereocenters. The highest BCUT2D eigenvalue weighted by atomic mass is 19.4. The Bertz CT molecular complexity index is 538. The van der Waals surface area contributed by atoms with Crippen molar-refractivity contribution in [1.82, 2.24) is 5.32 Å². The number of nitrogens with one attached hydrogen (secondary N) is 1. The molecule has 1 aliphatic carbocycles. The minimum Gasteiger partial charge on any atom is -0.484 e. The maximum Gasteiger partial charge on any atom is 0.422 e. The van der Waals surface area contributed by atoms with Crippen LogP contribution in [0.25, 0.3) is 0 Å². The Kier molecular flexibility index (Phi) is 6.75. The molecular weight excluding hydrogens is 319 g/mol. The number of nitrogens with two attached hydrogens (primary N) is 1. The number of aliphatic imine (C=N–C) groups is 1. The van der Waals surface area contributed by atoms with Gasteiger partial charge in [0.2, 0.25) is 0 Å². The second-order valence-electron chi connectivity index (χ2n) is 6.05. The van der Waals surface area contributed by atoms with Crippen molar-refractivity contribution in [3.63, 3.8) is 0 Å². The number of hydrogen-bond donors (Lipinski definition) is 2. The van der Waals surface area contributed by atoms with Gasteiger partial charge in [0.15, 0.2) is 12.6 Å². The molecule has 0 heterocycles. The lowest BCUT2D eigenvalue weighted by Crippen LogP contribution is -2.39. The fraction of sp³-hybridized carbons (Fsp3) is 0.588. The lowest BCUT2D eigenvalue weighted by molar-refractivity contribution is -0.153. The van der Waals surface area contributed by atoms with Gasteiger partial charge in [0.1, 0.15) is 5.75 Å². The van der Waals surface area contributed by atoms with Crippen LogP contribution in [0.15, 0.2) is 29.3 Å². The number of guanidine groups is 1. The molecule has 0 unspecified atom stereocenters. The van der Waals surface area contributed by atoms with Crippen molar-refractivity contribution in [1.29, 1.82) is 0 Å². The second kappa shape index (κ2) is 8.80. The highest BCUT2D eigenvalue weighted by Gasteiger charge is 2.28. The highest BCUT2D eigenvalue weighted by molar-refractivity contribution is 5.78. The minimum atomic E-state index is -4.36. The van der Waals surface area contributed by atoms with E-state index >= 15 is 0 Å². The van der Waals surface area contributed by atoms with Crippen molar-refractivity contribution in [2.75, 3.05) is 6.61 Å². The second-order valence-corrected chi connectivity index (χ2v) is 6.05. The molecule has 2 rings (SSSR count). The molecule has 0 radical (unpaired) electrons. The zero-order chi connectivity index (χ0) is 17.4. The lowest BCUT2D eigenvalue weighted by Gasteiger charge is -2.17. The van der Waals surface area contributed by atoms with Crippen LogP contribution in [0.2, 0.25) is 0 Å². The van der Waals surface area contributed by atoms with Crippen molar-refractivity contribution in [2.45, 2.75) is 57.3 Å². The quantitative estimate of drug-likeness (QED) is 0.486. The molecule has 1 saturated carbocycles. The fourth-order valence-corrected chi connectivity index (χ4v) is 2.78. The van der Waals surface area contributed by atoms with Crippen LogP contribution in [-0.2, 0) is 6.54 Å². The molecule has 0 amide bonds. The molecule has 4 nitrogen and oxygen atoms in total. The third-order valence-corrected chi connectivity index (χ3v) is 3.99. The molecule has 1 aromatic rings. The number of rotatable bonds is 5. The predicted octanol–water partition coefficient (Wildman–Crippen LogP) is 3.75. The minimum absolute atomic E-state index is 0.180. The fourth-order valence-electron chi connectivity index (χ4n) is 2.78. The van der Waals surface area contributed by atoms with Crippen LogP contribution in [-0.4, -0.2) is 24.8 Å². The number of hydrogen-bond acceptors (Lipinski definition) is 2. The maximum atomic E-state index is 12.3. The van der Waals surface area contributed by atoms with Gasteiger partial charge in [0, 0.05) is 11.6 Å². The molecule has 24 heavy (non-hydrogen) atoms. The Balaban J connectivity index is 1.92. The summed E-state index contributed by atoms with van der Waals surface area (Å²) in [7, 11) is 0. The molecular formula is C17H24F3N3O. The Morgan fingerprint density at radius 1 is 1.17 bits per heavy atom. The van der Waals surface area contributed by atoms with E-state index < -0.39 is 12.8 Å². The Morgan fingerprint density at radius 3 is 2.50 bits per heavy atom. The van der Waals surface area contributed by atoms with Gasteiger partial charge in [0.25, 0.3) is 0 Å². The van der Waals surface area contributed by atoms with Crippen LogP contribution in [0.5, 0.6) is 5.75 Å². The largest absolute Gasteiger partial charge is 0.484 e. The average molecular weight is 343 g/mol. The van der Waals surface area contributed by atoms with Crippen molar-refractivity contribution < 1.29 is 17.9 Å². The van der Waals surface area contributed by atoms with E-state index in [2.05, 4.69) is 10.3 Å². The first-order chi connectivity index (χ1) is 11.4. The molecule has 134 valence electrons. The topological polar surface area (TPSA) is 59.6 Å². The molecule has 7 heteroatoms. The monoisotopic (exact) mass is 343 g/mol. The van der Waals surface area contributed by atoms with Crippen molar-refractivity contribution in [3.05, 3.63) is 29.8 Å². The van der Waals surface area contributed by atoms with Gasteiger partial charge in [-0.05, 0) is 18.9 Å². The number of halogens is 3. The first kappa shape index (κ1) is 18.4. The molecule has 1 aliphatic rings. The van der Waals surface area contributed by atoms with E-state index in [0.717, 1.165) is 12.8 Å². The summed E-state index contributed by atoms with van der Waals surface area (Å²) < 4.78 is 41.7. The molecule has 1 fully saturated rings. The predicted molar refractivity (Wildman–Crippen MR) is 87.9 cm³/mol. The van der Waals surface area contributed by atoms with E-state index in [1.165, 1.54) is 31.7 Å². The Morgan fingerprint density at radius 2 is 1.83 bits per heavy atom. The van der Waals surface area contributed by atoms with E-state index in [1.807, 2.05) is 0 Å². The number of ether oxygens (including phenoxy) is 1. The average Bonchev–Trinajstić information content (AvgIpc) is 2.79. The number of alkyl halides is 3. The van der Waals surface area contributed by atoms with E-state index in [0.29, 0.717) is 17.6 Å². The molecule has 3 N–H and O–H groups in total. The van der Waals surface area contributed by atoms with Gasteiger partial charge in [0.05, 0.1) is 6.54 Å². The zero-order valence-electron chi connectivity index (χ0n) is 13.6. The summed E-state index contributed by atoms with van der Waals surface area (Å²) in [6.45, 7) is -1.14. The normalized spacial score (nSPS) is 17.4. The van der Waals surface area contributed by atoms with Crippen LogP contribution in [0.3, 0.4) is 0 Å². The first-order valence-corrected chi connectivity index (χ1v) is 8.28. The summed E-state index contributed by atoms with van der Waals surface area (Å²) in [5, 5.41) is 3.21. The van der Waals surface area contributed by atoms with Gasteiger partial charge < -0.3 is 15.8 Å². The van der Waals surface area contributed by atoms with Gasteiger partial charge in [-0.25, -0.2) is 4.99 Å². The molecule has 0 spiro atoms. The number of para-hydroxylation sites is 1. The SMILES string of the molecule is NC(=NCc1ccccc1OCC(F)(F)F)NC1CCCCCC1. The van der Waals surface area contributed by atoms with Gasteiger partial charge in [-0.15, -0.1) is 0 Å². The summed E-state index contributed by atoms with van der Waals surface area (Å²) in [5.41, 5.74) is 6.49. The van der Waals surface area contributed by atoms with E-state index in [9.17, 15) is 13.2 Å². The van der Waals surface area contributed by atoms with Crippen LogP contribution in [0.1, 0.15) is 44.1 Å². The van der Waals surface area contributed by atoms with Crippen LogP contribution >= 0.6 is 0 Å². The van der Waals surface area contributed by atoms with E-state index in [-0.39, 0.29) is 12.3 Å². The lowest BCUT2D eigenvalue weighted by atomic mass is 10.1. The zero-order valence-corrected chi connectivity index (χ0v) is 13.6. The van der Waals surface area contributed by atoms with Crippen molar-refractivity contribution in [2.24, 2.45) is 10.7 Å². The molecule has 0 aliphatic heterocycles. The standard InChI is InChI=1S/C17H24F3N3O/c18-17(19,20)12-24-15-10-6-5-7-13(15)11-22-16(21)23-14-8-3-1-2-4-9-14/h5-7,10,14H,1-4,8-9,11-12H2,(H3,21,22,23). The van der Waals surface area contributed by atoms with Crippen molar-refractivity contribution in [3.8, 4) is 5.75 Å². The third kappa shape index (κ3) is 6.68. The highest BCUT2D eigenvalue weighted by Crippen LogP contribution is 2.23. The van der Waals surface area contributed by atoms with Gasteiger partial charge in [-0.3, -0.25) is 0 Å². The van der Waals surface area contributed by atoms with Gasteiger partial charge >= 0.3 is 6.18 Å². The summed E-state index contributed by atoms with van der Waals surface area (Å²) >= 11 is 0. The summed E-state index contributed by atoms with van der Waals surface area (Å²) in [5.74, 6) is 0.508. The van der Waals surface area contributed by atoms with Crippen LogP contribution in [0.4, 0.5) is 13.2 Å². The van der Waals surface area contributed by atoms with Crippen LogP contribution < -0.4 is 15.8 Å². The first-order valence-electron chi connectivity index (χ1n) is 8.28. The third-order valence-electron chi connectivity index (χ3n) is 3.99.